The highest BCUT2D eigenvalue weighted by molar-refractivity contribution is 7.86. The summed E-state index contributed by atoms with van der Waals surface area (Å²) in [6, 6.07) is 6.40. The molecule has 4 nitrogen and oxygen atoms in total. The molecule has 1 aliphatic rings. The van der Waals surface area contributed by atoms with Crippen molar-refractivity contribution in [3.63, 3.8) is 0 Å². The second-order valence-electron chi connectivity index (χ2n) is 4.94. The van der Waals surface area contributed by atoms with Gasteiger partial charge in [0.15, 0.2) is 5.78 Å². The largest absolute Gasteiger partial charge is 0.297 e. The summed E-state index contributed by atoms with van der Waals surface area (Å²) in [4.78, 5) is 11.9. The monoisotopic (exact) mass is 294 g/mol. The van der Waals surface area contributed by atoms with Crippen LogP contribution in [0.2, 0.25) is 0 Å². The van der Waals surface area contributed by atoms with Crippen LogP contribution in [0.4, 0.5) is 0 Å². The number of allylic oxidation sites excluding steroid dienone is 1. The minimum Gasteiger partial charge on any atom is -0.292 e. The molecule has 0 spiro atoms. The maximum Gasteiger partial charge on any atom is 0.297 e. The molecule has 0 amide bonds. The average molecular weight is 294 g/mol. The Kier molecular flexibility index (Phi) is 4.73. The minimum atomic E-state index is -3.89. The molecule has 2 rings (SSSR count). The Balaban J connectivity index is 2.18. The number of carbonyl (C=O) groups is 1. The van der Waals surface area contributed by atoms with Gasteiger partial charge in [0.2, 0.25) is 0 Å². The van der Waals surface area contributed by atoms with Gasteiger partial charge in [-0.3, -0.25) is 8.98 Å². The van der Waals surface area contributed by atoms with E-state index in [4.69, 9.17) is 4.18 Å². The van der Waals surface area contributed by atoms with Crippen LogP contribution in [-0.2, 0) is 19.1 Å². The first kappa shape index (κ1) is 14.9. The third-order valence-electron chi connectivity index (χ3n) is 3.24. The normalized spacial score (nSPS) is 22.1. The highest BCUT2D eigenvalue weighted by atomic mass is 32.2. The Morgan fingerprint density at radius 3 is 2.55 bits per heavy atom. The number of ketones is 1. The molecule has 1 atom stereocenters. The first-order chi connectivity index (χ1) is 9.49. The summed E-state index contributed by atoms with van der Waals surface area (Å²) >= 11 is 0. The summed E-state index contributed by atoms with van der Waals surface area (Å²) in [5.41, 5.74) is 0.967. The third-order valence-corrected chi connectivity index (χ3v) is 4.57. The van der Waals surface area contributed by atoms with Crippen molar-refractivity contribution in [3.8, 4) is 0 Å². The molecule has 1 unspecified atom stereocenters. The van der Waals surface area contributed by atoms with Crippen LogP contribution in [0.5, 0.6) is 0 Å². The molecular weight excluding hydrogens is 276 g/mol. The summed E-state index contributed by atoms with van der Waals surface area (Å²) in [5, 5.41) is 0. The Morgan fingerprint density at radius 2 is 1.85 bits per heavy atom. The zero-order valence-electron chi connectivity index (χ0n) is 11.4. The van der Waals surface area contributed by atoms with Gasteiger partial charge in [0.25, 0.3) is 10.1 Å². The van der Waals surface area contributed by atoms with Gasteiger partial charge in [-0.1, -0.05) is 30.2 Å². The number of hydrogen-bond donors (Lipinski definition) is 0. The number of benzene rings is 1. The average Bonchev–Trinajstić information content (AvgIpc) is 2.39. The standard InChI is InChI=1S/C15H18O4S/c1-12-8-10-13(11-9-12)20(17,18)19-15-7-5-3-2-4-6-14(15)16/h4,6,8-11,15H,2-3,5,7H2,1H3/b6-4-. The maximum absolute atomic E-state index is 12.2. The van der Waals surface area contributed by atoms with E-state index in [2.05, 4.69) is 0 Å². The van der Waals surface area contributed by atoms with E-state index < -0.39 is 16.2 Å². The Morgan fingerprint density at radius 1 is 1.15 bits per heavy atom. The van der Waals surface area contributed by atoms with Gasteiger partial charge in [-0.25, -0.2) is 0 Å². The number of hydrogen-bond acceptors (Lipinski definition) is 4. The van der Waals surface area contributed by atoms with Crippen LogP contribution in [-0.4, -0.2) is 20.3 Å². The number of carbonyl (C=O) groups excluding carboxylic acids is 1. The van der Waals surface area contributed by atoms with Gasteiger partial charge in [0.05, 0.1) is 4.90 Å². The summed E-state index contributed by atoms with van der Waals surface area (Å²) < 4.78 is 29.4. The van der Waals surface area contributed by atoms with Crippen molar-refractivity contribution in [1.29, 1.82) is 0 Å². The van der Waals surface area contributed by atoms with Crippen LogP contribution in [0.15, 0.2) is 41.3 Å². The van der Waals surface area contributed by atoms with Crippen molar-refractivity contribution >= 4 is 15.9 Å². The SMILES string of the molecule is Cc1ccc(S(=O)(=O)OC2CCCC/C=C\C2=O)cc1. The molecule has 0 saturated heterocycles. The second-order valence-corrected chi connectivity index (χ2v) is 6.51. The highest BCUT2D eigenvalue weighted by Crippen LogP contribution is 2.20. The van der Waals surface area contributed by atoms with E-state index >= 15 is 0 Å². The van der Waals surface area contributed by atoms with Gasteiger partial charge < -0.3 is 0 Å². The van der Waals surface area contributed by atoms with Crippen molar-refractivity contribution in [2.24, 2.45) is 0 Å². The van der Waals surface area contributed by atoms with Gasteiger partial charge in [0, 0.05) is 0 Å². The summed E-state index contributed by atoms with van der Waals surface area (Å²) in [6.07, 6.45) is 5.30. The van der Waals surface area contributed by atoms with Crippen molar-refractivity contribution in [2.75, 3.05) is 0 Å². The van der Waals surface area contributed by atoms with Crippen LogP contribution in [0.1, 0.15) is 31.2 Å². The van der Waals surface area contributed by atoms with E-state index in [1.165, 1.54) is 18.2 Å². The molecule has 0 aliphatic heterocycles. The van der Waals surface area contributed by atoms with Crippen molar-refractivity contribution < 1.29 is 17.4 Å². The smallest absolute Gasteiger partial charge is 0.292 e. The first-order valence-electron chi connectivity index (χ1n) is 6.69. The van der Waals surface area contributed by atoms with Crippen molar-refractivity contribution in [1.82, 2.24) is 0 Å². The molecule has 5 heteroatoms. The zero-order valence-corrected chi connectivity index (χ0v) is 12.2. The number of rotatable bonds is 3. The molecule has 1 aromatic carbocycles. The zero-order chi connectivity index (χ0) is 14.6. The lowest BCUT2D eigenvalue weighted by Gasteiger charge is -2.16. The molecule has 0 aromatic heterocycles. The number of aryl methyl sites for hydroxylation is 1. The van der Waals surface area contributed by atoms with E-state index in [-0.39, 0.29) is 10.7 Å². The molecular formula is C15H18O4S. The lowest BCUT2D eigenvalue weighted by molar-refractivity contribution is -0.121. The fourth-order valence-electron chi connectivity index (χ4n) is 2.05. The minimum absolute atomic E-state index is 0.0851. The van der Waals surface area contributed by atoms with Gasteiger partial charge in [-0.2, -0.15) is 8.42 Å². The van der Waals surface area contributed by atoms with E-state index in [0.29, 0.717) is 6.42 Å². The predicted octanol–water partition coefficient (Wildman–Crippen LogP) is 2.77. The van der Waals surface area contributed by atoms with Crippen LogP contribution < -0.4 is 0 Å². The summed E-state index contributed by atoms with van der Waals surface area (Å²) in [5.74, 6) is -0.277. The second kappa shape index (κ2) is 6.33. The van der Waals surface area contributed by atoms with Gasteiger partial charge >= 0.3 is 0 Å². The van der Waals surface area contributed by atoms with Gasteiger partial charge in [0.1, 0.15) is 6.10 Å². The third kappa shape index (κ3) is 3.77. The topological polar surface area (TPSA) is 60.4 Å². The molecule has 0 bridgehead atoms. The van der Waals surface area contributed by atoms with E-state index in [1.807, 2.05) is 6.92 Å². The van der Waals surface area contributed by atoms with Crippen molar-refractivity contribution in [2.45, 2.75) is 43.6 Å². The molecule has 0 heterocycles. The molecule has 0 fully saturated rings. The van der Waals surface area contributed by atoms with E-state index in [1.54, 1.807) is 18.2 Å². The van der Waals surface area contributed by atoms with Crippen LogP contribution in [0, 0.1) is 6.92 Å². The maximum atomic E-state index is 12.2. The Bertz CT molecular complexity index is 599. The van der Waals surface area contributed by atoms with Crippen LogP contribution in [0.25, 0.3) is 0 Å². The predicted molar refractivity (Wildman–Crippen MR) is 75.9 cm³/mol. The van der Waals surface area contributed by atoms with E-state index in [9.17, 15) is 13.2 Å². The van der Waals surface area contributed by atoms with E-state index in [0.717, 1.165) is 24.8 Å². The lowest BCUT2D eigenvalue weighted by Crippen LogP contribution is -2.26. The molecule has 20 heavy (non-hydrogen) atoms. The molecule has 0 saturated carbocycles. The first-order valence-corrected chi connectivity index (χ1v) is 8.10. The summed E-state index contributed by atoms with van der Waals surface area (Å²) in [7, 11) is -3.89. The van der Waals surface area contributed by atoms with Gasteiger partial charge in [-0.15, -0.1) is 0 Å². The molecule has 108 valence electrons. The molecule has 1 aromatic rings. The fraction of sp³-hybridized carbons (Fsp3) is 0.400. The van der Waals surface area contributed by atoms with Crippen LogP contribution in [0.3, 0.4) is 0 Å². The highest BCUT2D eigenvalue weighted by Gasteiger charge is 2.26. The Labute approximate surface area is 119 Å². The quantitative estimate of drug-likeness (QED) is 0.804. The lowest BCUT2D eigenvalue weighted by atomic mass is 10.0. The Hall–Kier alpha value is -1.46. The van der Waals surface area contributed by atoms with Crippen molar-refractivity contribution in [3.05, 3.63) is 42.0 Å². The summed E-state index contributed by atoms with van der Waals surface area (Å²) in [6.45, 7) is 1.88. The molecule has 1 aliphatic carbocycles. The molecule has 0 radical (unpaired) electrons. The van der Waals surface area contributed by atoms with Gasteiger partial charge in [-0.05, 0) is 44.4 Å². The molecule has 0 N–H and O–H groups in total. The fourth-order valence-corrected chi connectivity index (χ4v) is 3.13. The van der Waals surface area contributed by atoms with Crippen LogP contribution >= 0.6 is 0 Å².